The molecule has 0 saturated carbocycles. The number of rotatable bonds is 11. The molecule has 7 atom stereocenters. The van der Waals surface area contributed by atoms with Gasteiger partial charge in [-0.25, -0.2) is 0 Å². The molecule has 3 fully saturated rings. The highest BCUT2D eigenvalue weighted by atomic mass is 79.9. The third-order valence-electron chi connectivity index (χ3n) is 7.61. The number of amides is 2. The summed E-state index contributed by atoms with van der Waals surface area (Å²) >= 11 is 5.15. The first-order valence-electron chi connectivity index (χ1n) is 12.2. The van der Waals surface area contributed by atoms with Crippen molar-refractivity contribution in [3.05, 3.63) is 48.6 Å². The molecule has 3 aliphatic heterocycles. The van der Waals surface area contributed by atoms with Gasteiger partial charge >= 0.3 is 5.97 Å². The maximum absolute atomic E-state index is 14.2. The highest BCUT2D eigenvalue weighted by Gasteiger charge is 2.76. The van der Waals surface area contributed by atoms with Crippen molar-refractivity contribution in [3.63, 3.8) is 0 Å². The van der Waals surface area contributed by atoms with Crippen LogP contribution in [0.3, 0.4) is 0 Å². The third-order valence-corrected chi connectivity index (χ3v) is 10.8. The number of hydrogen-bond donors (Lipinski definition) is 2. The van der Waals surface area contributed by atoms with E-state index in [2.05, 4.69) is 29.4 Å². The maximum Gasteiger partial charge on any atom is 0.308 e. The van der Waals surface area contributed by atoms with Gasteiger partial charge in [-0.15, -0.1) is 18.3 Å². The topological polar surface area (TPSA) is 98.2 Å². The molecule has 0 aliphatic carbocycles. The van der Waals surface area contributed by atoms with Crippen molar-refractivity contribution in [2.75, 3.05) is 19.7 Å². The number of carboxylic acids is 1. The Balaban J connectivity index is 1.79. The van der Waals surface area contributed by atoms with E-state index in [1.807, 2.05) is 30.3 Å². The molecule has 2 amide bonds. The zero-order valence-corrected chi connectivity index (χ0v) is 22.3. The molecule has 3 heterocycles. The Bertz CT molecular complexity index is 978. The SMILES string of the molecule is C=CCN(CCCC)C(=O)C1N([C@@H](CO)Cc2ccccc2)C(=O)[C@@H]2[C@@H](C(=O)O)[C@@H]3SC12CC3Br. The highest BCUT2D eigenvalue weighted by Crippen LogP contribution is 2.68. The van der Waals surface area contributed by atoms with Gasteiger partial charge in [-0.2, -0.15) is 0 Å². The first-order valence-corrected chi connectivity index (χ1v) is 14.0. The van der Waals surface area contributed by atoms with Crippen molar-refractivity contribution in [2.24, 2.45) is 11.8 Å². The molecule has 1 aromatic carbocycles. The summed E-state index contributed by atoms with van der Waals surface area (Å²) in [5.41, 5.74) is 0.944. The number of nitrogens with zero attached hydrogens (tertiary/aromatic N) is 2. The number of fused-ring (bicyclic) bond motifs is 1. The number of likely N-dealkylation sites (tertiary alicyclic amines) is 1. The first-order chi connectivity index (χ1) is 16.8. The van der Waals surface area contributed by atoms with Gasteiger partial charge in [0, 0.05) is 23.2 Å². The summed E-state index contributed by atoms with van der Waals surface area (Å²) in [6.07, 6.45) is 4.34. The van der Waals surface area contributed by atoms with Crippen molar-refractivity contribution < 1.29 is 24.6 Å². The van der Waals surface area contributed by atoms with Gasteiger partial charge in [0.15, 0.2) is 0 Å². The second kappa shape index (κ2) is 10.6. The predicted molar refractivity (Wildman–Crippen MR) is 139 cm³/mol. The lowest BCUT2D eigenvalue weighted by Gasteiger charge is -2.40. The van der Waals surface area contributed by atoms with Gasteiger partial charge in [0.1, 0.15) is 6.04 Å². The van der Waals surface area contributed by atoms with Crippen molar-refractivity contribution in [3.8, 4) is 0 Å². The second-order valence-electron chi connectivity index (χ2n) is 9.70. The normalized spacial score (nSPS) is 31.9. The molecule has 1 spiro atoms. The molecule has 3 saturated heterocycles. The van der Waals surface area contributed by atoms with Gasteiger partial charge < -0.3 is 20.0 Å². The number of alkyl halides is 1. The van der Waals surface area contributed by atoms with E-state index < -0.39 is 34.6 Å². The number of aliphatic carboxylic acids is 1. The van der Waals surface area contributed by atoms with Crippen LogP contribution >= 0.6 is 27.7 Å². The van der Waals surface area contributed by atoms with Crippen LogP contribution in [0.25, 0.3) is 0 Å². The Hall–Kier alpha value is -1.84. The standard InChI is InChI=1S/C26H33BrN2O5S/c1-3-5-12-28(11-4-2)24(32)22-26-14-18(27)21(35-26)19(25(33)34)20(26)23(31)29(22)17(15-30)13-16-9-7-6-8-10-16/h4,6-10,17-22,30H,2-3,5,11-15H2,1H3,(H,33,34)/t17-,18?,19-,20+,21-,22?,26?/m1/s1. The fourth-order valence-corrected chi connectivity index (χ4v) is 9.71. The van der Waals surface area contributed by atoms with E-state index in [0.717, 1.165) is 18.4 Å². The number of benzene rings is 1. The summed E-state index contributed by atoms with van der Waals surface area (Å²) in [5.74, 6) is -3.17. The quantitative estimate of drug-likeness (QED) is 0.317. The van der Waals surface area contributed by atoms with Crippen LogP contribution < -0.4 is 0 Å². The van der Waals surface area contributed by atoms with Crippen molar-refractivity contribution in [2.45, 2.75) is 59.5 Å². The van der Waals surface area contributed by atoms with E-state index in [4.69, 9.17) is 0 Å². The number of carboxylic acid groups (broad SMARTS) is 1. The average molecular weight is 566 g/mol. The summed E-state index contributed by atoms with van der Waals surface area (Å²) in [4.78, 5) is 43.8. The highest BCUT2D eigenvalue weighted by molar-refractivity contribution is 9.09. The number of hydrogen-bond acceptors (Lipinski definition) is 5. The zero-order chi connectivity index (χ0) is 25.3. The van der Waals surface area contributed by atoms with E-state index in [9.17, 15) is 24.6 Å². The molecule has 4 rings (SSSR count). The van der Waals surface area contributed by atoms with Gasteiger partial charge in [0.25, 0.3) is 0 Å². The molecule has 2 N–H and O–H groups in total. The smallest absolute Gasteiger partial charge is 0.308 e. The van der Waals surface area contributed by atoms with Crippen molar-refractivity contribution in [1.82, 2.24) is 9.80 Å². The predicted octanol–water partition coefficient (Wildman–Crippen LogP) is 2.95. The maximum atomic E-state index is 14.2. The molecule has 1 aromatic rings. The Morgan fingerprint density at radius 1 is 1.37 bits per heavy atom. The van der Waals surface area contributed by atoms with E-state index in [1.54, 1.807) is 15.9 Å². The van der Waals surface area contributed by atoms with Crippen molar-refractivity contribution >= 4 is 45.5 Å². The van der Waals surface area contributed by atoms with Crippen LogP contribution in [0.5, 0.6) is 0 Å². The monoisotopic (exact) mass is 564 g/mol. The summed E-state index contributed by atoms with van der Waals surface area (Å²) in [5, 5.41) is 20.3. The lowest BCUT2D eigenvalue weighted by atomic mass is 9.71. The summed E-state index contributed by atoms with van der Waals surface area (Å²) in [6, 6.07) is 8.09. The third kappa shape index (κ3) is 4.44. The zero-order valence-electron chi connectivity index (χ0n) is 19.9. The molecular weight excluding hydrogens is 532 g/mol. The van der Waals surface area contributed by atoms with Gasteiger partial charge in [0.05, 0.1) is 29.2 Å². The molecule has 2 bridgehead atoms. The van der Waals surface area contributed by atoms with Crippen LogP contribution in [0, 0.1) is 11.8 Å². The number of thioether (sulfide) groups is 1. The number of unbranched alkanes of at least 4 members (excludes halogenated alkanes) is 1. The summed E-state index contributed by atoms with van der Waals surface area (Å²) < 4.78 is -0.841. The molecule has 35 heavy (non-hydrogen) atoms. The Morgan fingerprint density at radius 3 is 2.69 bits per heavy atom. The molecule has 9 heteroatoms. The number of carbonyl (C=O) groups is 3. The first kappa shape index (κ1) is 26.2. The van der Waals surface area contributed by atoms with Crippen LogP contribution in [-0.4, -0.2) is 84.4 Å². The Kier molecular flexibility index (Phi) is 7.98. The van der Waals surface area contributed by atoms with Crippen LogP contribution in [0.15, 0.2) is 43.0 Å². The summed E-state index contributed by atoms with van der Waals surface area (Å²) in [7, 11) is 0. The molecule has 3 aliphatic rings. The molecule has 7 nitrogen and oxygen atoms in total. The van der Waals surface area contributed by atoms with Crippen LogP contribution in [0.1, 0.15) is 31.7 Å². The van der Waals surface area contributed by atoms with Gasteiger partial charge in [0.2, 0.25) is 11.8 Å². The molecule has 0 aromatic heterocycles. The second-order valence-corrected chi connectivity index (χ2v) is 12.4. The van der Waals surface area contributed by atoms with E-state index >= 15 is 0 Å². The average Bonchev–Trinajstić information content (AvgIpc) is 3.44. The van der Waals surface area contributed by atoms with Crippen molar-refractivity contribution in [1.29, 1.82) is 0 Å². The molecular formula is C26H33BrN2O5S. The number of aliphatic hydroxyl groups excluding tert-OH is 1. The van der Waals surface area contributed by atoms with E-state index in [0.29, 0.717) is 25.9 Å². The fraction of sp³-hybridized carbons (Fsp3) is 0.577. The van der Waals surface area contributed by atoms with Crippen LogP contribution in [0.2, 0.25) is 0 Å². The van der Waals surface area contributed by atoms with Gasteiger partial charge in [-0.05, 0) is 24.8 Å². The lowest BCUT2D eigenvalue weighted by molar-refractivity contribution is -0.149. The van der Waals surface area contributed by atoms with E-state index in [-0.39, 0.29) is 28.5 Å². The van der Waals surface area contributed by atoms with Crippen LogP contribution in [0.4, 0.5) is 0 Å². The minimum absolute atomic E-state index is 0.0990. The van der Waals surface area contributed by atoms with Gasteiger partial charge in [-0.1, -0.05) is 65.7 Å². The summed E-state index contributed by atoms with van der Waals surface area (Å²) in [6.45, 7) is 6.45. The van der Waals surface area contributed by atoms with Gasteiger partial charge in [-0.3, -0.25) is 14.4 Å². The molecule has 190 valence electrons. The van der Waals surface area contributed by atoms with E-state index in [1.165, 1.54) is 11.8 Å². The number of aliphatic hydroxyl groups is 1. The number of carbonyl (C=O) groups excluding carboxylic acids is 2. The van der Waals surface area contributed by atoms with Crippen LogP contribution in [-0.2, 0) is 20.8 Å². The minimum atomic E-state index is -1.00. The molecule has 3 unspecified atom stereocenters. The lowest BCUT2D eigenvalue weighted by Crippen LogP contribution is -2.58. The Labute approximate surface area is 219 Å². The molecule has 0 radical (unpaired) electrons. The number of halogens is 1. The Morgan fingerprint density at radius 2 is 2.09 bits per heavy atom. The minimum Gasteiger partial charge on any atom is -0.481 e. The fourth-order valence-electron chi connectivity index (χ4n) is 6.13. The largest absolute Gasteiger partial charge is 0.481 e.